The first-order valence-corrected chi connectivity index (χ1v) is 14.4. The Morgan fingerprint density at radius 1 is 1.08 bits per heavy atom. The van der Waals surface area contributed by atoms with Gasteiger partial charge in [-0.3, -0.25) is 4.79 Å². The topological polar surface area (TPSA) is 108 Å². The zero-order valence-electron chi connectivity index (χ0n) is 22.6. The van der Waals surface area contributed by atoms with Crippen molar-refractivity contribution in [3.8, 4) is 0 Å². The molecular weight excluding hydrogens is 514 g/mol. The number of imidazole rings is 1. The fourth-order valence-corrected chi connectivity index (χ4v) is 5.95. The summed E-state index contributed by atoms with van der Waals surface area (Å²) in [7, 11) is 0. The Morgan fingerprint density at radius 3 is 2.38 bits per heavy atom. The first-order chi connectivity index (χ1) is 19.0. The number of halogens is 1. The molecule has 1 amide bonds. The van der Waals surface area contributed by atoms with Gasteiger partial charge in [-0.1, -0.05) is 92.4 Å². The van der Waals surface area contributed by atoms with E-state index in [9.17, 15) is 20.1 Å². The van der Waals surface area contributed by atoms with Crippen LogP contribution in [-0.2, 0) is 24.4 Å². The van der Waals surface area contributed by atoms with Crippen LogP contribution in [0.5, 0.6) is 0 Å². The number of hydrogen-bond donors (Lipinski definition) is 4. The molecule has 1 aliphatic carbocycles. The van der Waals surface area contributed by atoms with Gasteiger partial charge < -0.3 is 25.2 Å². The van der Waals surface area contributed by atoms with Gasteiger partial charge in [0.2, 0.25) is 5.91 Å². The molecule has 39 heavy (non-hydrogen) atoms. The second-order valence-corrected chi connectivity index (χ2v) is 10.9. The lowest BCUT2D eigenvalue weighted by atomic mass is 9.83. The summed E-state index contributed by atoms with van der Waals surface area (Å²) >= 11 is 6.31. The molecule has 0 spiro atoms. The predicted octanol–water partition coefficient (Wildman–Crippen LogP) is 4.90. The number of aromatic nitrogens is 2. The van der Waals surface area contributed by atoms with Crippen LogP contribution in [0.3, 0.4) is 0 Å². The first-order valence-electron chi connectivity index (χ1n) is 14.0. The molecular formula is C31H40ClN3O4. The lowest BCUT2D eigenvalue weighted by Gasteiger charge is -2.28. The summed E-state index contributed by atoms with van der Waals surface area (Å²) in [6.07, 6.45) is 5.94. The minimum absolute atomic E-state index is 0.172. The van der Waals surface area contributed by atoms with Crippen LogP contribution < -0.4 is 5.32 Å². The van der Waals surface area contributed by atoms with Crippen LogP contribution in [-0.4, -0.2) is 43.4 Å². The van der Waals surface area contributed by atoms with Gasteiger partial charge >= 0.3 is 0 Å². The molecule has 2 aromatic carbocycles. The smallest absolute Gasteiger partial charge is 0.228 e. The molecule has 7 nitrogen and oxygen atoms in total. The monoisotopic (exact) mass is 553 g/mol. The molecule has 0 aliphatic heterocycles. The molecule has 3 atom stereocenters. The highest BCUT2D eigenvalue weighted by molar-refractivity contribution is 6.30. The summed E-state index contributed by atoms with van der Waals surface area (Å²) in [5, 5.41) is 34.0. The maximum Gasteiger partial charge on any atom is 0.228 e. The van der Waals surface area contributed by atoms with Crippen molar-refractivity contribution in [3.63, 3.8) is 0 Å². The zero-order chi connectivity index (χ0) is 27.8. The van der Waals surface area contributed by atoms with E-state index in [1.54, 1.807) is 12.1 Å². The van der Waals surface area contributed by atoms with E-state index in [4.69, 9.17) is 11.6 Å². The summed E-state index contributed by atoms with van der Waals surface area (Å²) in [4.78, 5) is 18.1. The number of aliphatic hydroxyl groups is 3. The van der Waals surface area contributed by atoms with Gasteiger partial charge in [0.15, 0.2) is 5.15 Å². The van der Waals surface area contributed by atoms with Crippen molar-refractivity contribution in [3.05, 3.63) is 88.0 Å². The molecule has 1 aliphatic rings. The molecule has 0 saturated heterocycles. The lowest BCUT2D eigenvalue weighted by molar-refractivity contribution is -0.125. The Balaban J connectivity index is 1.54. The highest BCUT2D eigenvalue weighted by Crippen LogP contribution is 2.38. The third-order valence-corrected chi connectivity index (χ3v) is 8.19. The maximum absolute atomic E-state index is 13.7. The normalized spacial score (nSPS) is 16.2. The number of rotatable bonds is 13. The summed E-state index contributed by atoms with van der Waals surface area (Å²) in [5.74, 6) is 0.534. The van der Waals surface area contributed by atoms with Crippen molar-refractivity contribution in [2.75, 3.05) is 6.61 Å². The first kappa shape index (κ1) is 29.3. The molecule has 1 heterocycles. The zero-order valence-corrected chi connectivity index (χ0v) is 23.4. The molecule has 3 unspecified atom stereocenters. The number of aliphatic hydroxyl groups excluding tert-OH is 3. The molecule has 3 aromatic rings. The largest absolute Gasteiger partial charge is 0.394 e. The third kappa shape index (κ3) is 7.09. The molecule has 0 bridgehead atoms. The molecule has 0 radical (unpaired) electrons. The SMILES string of the molecule is CCCCc1nc(Cl)c(CO)n1Cc1ccc(C(C(=O)NC(CO)C(O)c2ccccc2)C2CCCC2)cc1. The van der Waals surface area contributed by atoms with Crippen molar-refractivity contribution in [2.45, 2.75) is 83.1 Å². The maximum atomic E-state index is 13.7. The number of benzene rings is 2. The number of carbonyl (C=O) groups excluding carboxylic acids is 1. The van der Waals surface area contributed by atoms with Gasteiger partial charge in [-0.25, -0.2) is 4.98 Å². The van der Waals surface area contributed by atoms with Crippen LogP contribution in [0.2, 0.25) is 5.15 Å². The predicted molar refractivity (Wildman–Crippen MR) is 152 cm³/mol. The third-order valence-electron chi connectivity index (χ3n) is 7.89. The van der Waals surface area contributed by atoms with Crippen LogP contribution in [0, 0.1) is 5.92 Å². The van der Waals surface area contributed by atoms with E-state index in [0.29, 0.717) is 23.0 Å². The Labute approximate surface area is 235 Å². The van der Waals surface area contributed by atoms with E-state index in [1.807, 2.05) is 47.0 Å². The highest BCUT2D eigenvalue weighted by Gasteiger charge is 2.34. The summed E-state index contributed by atoms with van der Waals surface area (Å²) < 4.78 is 1.99. The van der Waals surface area contributed by atoms with Crippen LogP contribution in [0.25, 0.3) is 0 Å². The van der Waals surface area contributed by atoms with E-state index in [-0.39, 0.29) is 31.0 Å². The minimum atomic E-state index is -1.00. The molecule has 8 heteroatoms. The highest BCUT2D eigenvalue weighted by atomic mass is 35.5. The van der Waals surface area contributed by atoms with Crippen molar-refractivity contribution < 1.29 is 20.1 Å². The van der Waals surface area contributed by atoms with Crippen molar-refractivity contribution in [1.29, 1.82) is 0 Å². The number of nitrogens with zero attached hydrogens (tertiary/aromatic N) is 2. The second-order valence-electron chi connectivity index (χ2n) is 10.5. The van der Waals surface area contributed by atoms with E-state index in [0.717, 1.165) is 61.9 Å². The molecule has 1 fully saturated rings. The second kappa shape index (κ2) is 14.1. The Kier molecular flexibility index (Phi) is 10.6. The Morgan fingerprint density at radius 2 is 1.77 bits per heavy atom. The van der Waals surface area contributed by atoms with Crippen molar-refractivity contribution >= 4 is 17.5 Å². The quantitative estimate of drug-likeness (QED) is 0.241. The molecule has 210 valence electrons. The van der Waals surface area contributed by atoms with Gasteiger partial charge in [0.25, 0.3) is 0 Å². The standard InChI is InChI=1S/C31H40ClN3O4/c1-2-3-13-27-34-30(32)26(20-37)35(27)18-21-14-16-23(17-15-21)28(22-9-7-8-10-22)31(39)33-25(19-36)29(38)24-11-5-4-6-12-24/h4-6,11-12,14-17,22,25,28-29,36-38H,2-3,7-10,13,18-20H2,1H3,(H,33,39). The number of hydrogen-bond acceptors (Lipinski definition) is 5. The van der Waals surface area contributed by atoms with Crippen LogP contribution in [0.15, 0.2) is 54.6 Å². The van der Waals surface area contributed by atoms with Crippen LogP contribution >= 0.6 is 11.6 Å². The van der Waals surface area contributed by atoms with Gasteiger partial charge in [-0.05, 0) is 41.9 Å². The minimum Gasteiger partial charge on any atom is -0.394 e. The summed E-state index contributed by atoms with van der Waals surface area (Å²) in [5.41, 5.74) is 3.21. The Hall–Kier alpha value is -2.71. The van der Waals surface area contributed by atoms with E-state index in [2.05, 4.69) is 17.2 Å². The fraction of sp³-hybridized carbons (Fsp3) is 0.484. The summed E-state index contributed by atoms with van der Waals surface area (Å²) in [6, 6.07) is 16.3. The van der Waals surface area contributed by atoms with Crippen LogP contribution in [0.1, 0.15) is 85.7 Å². The van der Waals surface area contributed by atoms with Gasteiger partial charge in [0.1, 0.15) is 11.9 Å². The average molecular weight is 554 g/mol. The molecule has 1 aromatic heterocycles. The number of unbranched alkanes of at least 4 members (excludes halogenated alkanes) is 1. The Bertz CT molecular complexity index is 1190. The van der Waals surface area contributed by atoms with Gasteiger partial charge in [-0.15, -0.1) is 0 Å². The molecule has 1 saturated carbocycles. The van der Waals surface area contributed by atoms with Crippen molar-refractivity contribution in [1.82, 2.24) is 14.9 Å². The van der Waals surface area contributed by atoms with Gasteiger partial charge in [0, 0.05) is 13.0 Å². The van der Waals surface area contributed by atoms with Crippen molar-refractivity contribution in [2.24, 2.45) is 5.92 Å². The number of aryl methyl sites for hydroxylation is 1. The summed E-state index contributed by atoms with van der Waals surface area (Å²) in [6.45, 7) is 2.12. The van der Waals surface area contributed by atoms with E-state index < -0.39 is 12.1 Å². The average Bonchev–Trinajstić information content (AvgIpc) is 3.59. The van der Waals surface area contributed by atoms with Gasteiger partial charge in [0.05, 0.1) is 30.9 Å². The number of nitrogens with one attached hydrogen (secondary N) is 1. The molecule has 4 N–H and O–H groups in total. The van der Waals surface area contributed by atoms with E-state index in [1.165, 1.54) is 0 Å². The fourth-order valence-electron chi connectivity index (χ4n) is 5.69. The van der Waals surface area contributed by atoms with Crippen LogP contribution in [0.4, 0.5) is 0 Å². The lowest BCUT2D eigenvalue weighted by Crippen LogP contribution is -2.45. The van der Waals surface area contributed by atoms with Gasteiger partial charge in [-0.2, -0.15) is 0 Å². The molecule has 4 rings (SSSR count). The number of amides is 1. The van der Waals surface area contributed by atoms with E-state index >= 15 is 0 Å². The number of carbonyl (C=O) groups is 1.